The maximum atomic E-state index is 12.5. The van der Waals surface area contributed by atoms with Gasteiger partial charge in [-0.25, -0.2) is 8.78 Å². The van der Waals surface area contributed by atoms with Crippen LogP contribution in [0.2, 0.25) is 0 Å². The monoisotopic (exact) mass is 262 g/mol. The summed E-state index contributed by atoms with van der Waals surface area (Å²) in [6, 6.07) is 2.73. The van der Waals surface area contributed by atoms with Gasteiger partial charge in [-0.05, 0) is 0 Å². The molecule has 1 N–H and O–H groups in total. The molecule has 0 aliphatic rings. The standard InChI is InChI=1S/C8H5BrF2N2O/c9-4-3-6(14)13-5(1-2-12)7(4)8(10)11/h3,8H,1H2,(H,13,14). The van der Waals surface area contributed by atoms with Gasteiger partial charge in [0.15, 0.2) is 0 Å². The average Bonchev–Trinajstić information content (AvgIpc) is 2.01. The van der Waals surface area contributed by atoms with Gasteiger partial charge in [0.1, 0.15) is 0 Å². The van der Waals surface area contributed by atoms with E-state index in [1.165, 1.54) is 0 Å². The van der Waals surface area contributed by atoms with Crippen LogP contribution in [0.4, 0.5) is 8.78 Å². The van der Waals surface area contributed by atoms with E-state index in [1.54, 1.807) is 6.07 Å². The van der Waals surface area contributed by atoms with Crippen molar-refractivity contribution in [1.82, 2.24) is 4.98 Å². The van der Waals surface area contributed by atoms with Crippen molar-refractivity contribution in [2.45, 2.75) is 12.8 Å². The van der Waals surface area contributed by atoms with Crippen molar-refractivity contribution in [2.24, 2.45) is 0 Å². The summed E-state index contributed by atoms with van der Waals surface area (Å²) in [5.74, 6) is 0. The smallest absolute Gasteiger partial charge is 0.266 e. The molecule has 0 fully saturated rings. The van der Waals surface area contributed by atoms with Crippen LogP contribution < -0.4 is 5.56 Å². The quantitative estimate of drug-likeness (QED) is 0.888. The van der Waals surface area contributed by atoms with Crippen LogP contribution >= 0.6 is 15.9 Å². The number of pyridine rings is 1. The molecule has 1 heterocycles. The van der Waals surface area contributed by atoms with Gasteiger partial charge < -0.3 is 4.98 Å². The third-order valence-corrected chi connectivity index (χ3v) is 2.24. The highest BCUT2D eigenvalue weighted by atomic mass is 79.9. The van der Waals surface area contributed by atoms with Gasteiger partial charge in [0.05, 0.1) is 18.1 Å². The number of halogens is 3. The average molecular weight is 263 g/mol. The highest BCUT2D eigenvalue weighted by Gasteiger charge is 2.17. The van der Waals surface area contributed by atoms with Gasteiger partial charge in [0.25, 0.3) is 6.43 Å². The lowest BCUT2D eigenvalue weighted by Crippen LogP contribution is -2.11. The molecule has 0 amide bonds. The number of rotatable bonds is 2. The Hall–Kier alpha value is -1.22. The van der Waals surface area contributed by atoms with E-state index in [0.717, 1.165) is 6.07 Å². The molecule has 1 rings (SSSR count). The minimum absolute atomic E-state index is 0.0292. The Bertz CT molecular complexity index is 436. The number of alkyl halides is 2. The van der Waals surface area contributed by atoms with E-state index < -0.39 is 12.0 Å². The van der Waals surface area contributed by atoms with Gasteiger partial charge >= 0.3 is 0 Å². The molecule has 1 aromatic rings. The molecular formula is C8H5BrF2N2O. The third-order valence-electron chi connectivity index (χ3n) is 1.59. The van der Waals surface area contributed by atoms with E-state index in [-0.39, 0.29) is 22.2 Å². The molecule has 0 bridgehead atoms. The molecule has 14 heavy (non-hydrogen) atoms. The van der Waals surface area contributed by atoms with Crippen LogP contribution in [-0.2, 0) is 6.42 Å². The zero-order valence-corrected chi connectivity index (χ0v) is 8.44. The minimum Gasteiger partial charge on any atom is -0.325 e. The van der Waals surface area contributed by atoms with Gasteiger partial charge in [0.2, 0.25) is 5.56 Å². The topological polar surface area (TPSA) is 56.6 Å². The zero-order chi connectivity index (χ0) is 10.7. The Morgan fingerprint density at radius 1 is 1.64 bits per heavy atom. The predicted octanol–water partition coefficient (Wildman–Crippen LogP) is 2.14. The van der Waals surface area contributed by atoms with Crippen LogP contribution in [0.3, 0.4) is 0 Å². The summed E-state index contributed by atoms with van der Waals surface area (Å²) in [6.07, 6.45) is -2.96. The molecule has 0 atom stereocenters. The van der Waals surface area contributed by atoms with Crippen molar-refractivity contribution in [3.8, 4) is 6.07 Å². The SMILES string of the molecule is N#CCc1[nH]c(=O)cc(Br)c1C(F)F. The molecule has 3 nitrogen and oxygen atoms in total. The van der Waals surface area contributed by atoms with Crippen LogP contribution in [0.25, 0.3) is 0 Å². The predicted molar refractivity (Wildman–Crippen MR) is 49.0 cm³/mol. The van der Waals surface area contributed by atoms with Crippen LogP contribution in [0.15, 0.2) is 15.3 Å². The largest absolute Gasteiger partial charge is 0.325 e. The summed E-state index contributed by atoms with van der Waals surface area (Å²) >= 11 is 2.86. The number of nitrogens with zero attached hydrogens (tertiary/aromatic N) is 1. The molecule has 0 aliphatic carbocycles. The fourth-order valence-electron chi connectivity index (χ4n) is 1.04. The molecule has 0 aromatic carbocycles. The highest BCUT2D eigenvalue weighted by Crippen LogP contribution is 2.28. The summed E-state index contributed by atoms with van der Waals surface area (Å²) in [6.45, 7) is 0. The Morgan fingerprint density at radius 3 is 2.79 bits per heavy atom. The normalized spacial score (nSPS) is 10.2. The van der Waals surface area contributed by atoms with E-state index >= 15 is 0 Å². The second kappa shape index (κ2) is 4.33. The van der Waals surface area contributed by atoms with E-state index in [4.69, 9.17) is 5.26 Å². The van der Waals surface area contributed by atoms with Crippen molar-refractivity contribution in [3.63, 3.8) is 0 Å². The lowest BCUT2D eigenvalue weighted by atomic mass is 10.1. The lowest BCUT2D eigenvalue weighted by Gasteiger charge is -2.07. The maximum absolute atomic E-state index is 12.5. The summed E-state index contributed by atoms with van der Waals surface area (Å²) in [5.41, 5.74) is -0.875. The Balaban J connectivity index is 3.38. The second-order valence-electron chi connectivity index (χ2n) is 2.51. The Kier molecular flexibility index (Phi) is 3.36. The highest BCUT2D eigenvalue weighted by molar-refractivity contribution is 9.10. The number of aromatic nitrogens is 1. The van der Waals surface area contributed by atoms with Crippen molar-refractivity contribution >= 4 is 15.9 Å². The second-order valence-corrected chi connectivity index (χ2v) is 3.36. The molecule has 0 aliphatic heterocycles. The van der Waals surface area contributed by atoms with Gasteiger partial charge in [-0.15, -0.1) is 0 Å². The number of hydrogen-bond acceptors (Lipinski definition) is 2. The van der Waals surface area contributed by atoms with Crippen molar-refractivity contribution < 1.29 is 8.78 Å². The number of H-pyrrole nitrogens is 1. The molecule has 0 radical (unpaired) electrons. The molecule has 0 saturated heterocycles. The molecule has 1 aromatic heterocycles. The van der Waals surface area contributed by atoms with E-state index in [9.17, 15) is 13.6 Å². The third kappa shape index (κ3) is 2.17. The van der Waals surface area contributed by atoms with Gasteiger partial charge in [-0.2, -0.15) is 5.26 Å². The lowest BCUT2D eigenvalue weighted by molar-refractivity contribution is 0.149. The van der Waals surface area contributed by atoms with E-state index in [1.807, 2.05) is 0 Å². The molecule has 74 valence electrons. The Morgan fingerprint density at radius 2 is 2.29 bits per heavy atom. The molecule has 6 heteroatoms. The fraction of sp³-hybridized carbons (Fsp3) is 0.250. The van der Waals surface area contributed by atoms with Crippen LogP contribution in [-0.4, -0.2) is 4.98 Å². The van der Waals surface area contributed by atoms with Gasteiger partial charge in [0, 0.05) is 16.2 Å². The fourth-order valence-corrected chi connectivity index (χ4v) is 1.66. The molecule has 0 saturated carbocycles. The minimum atomic E-state index is -2.72. The summed E-state index contributed by atoms with van der Waals surface area (Å²) < 4.78 is 25.0. The summed E-state index contributed by atoms with van der Waals surface area (Å²) in [7, 11) is 0. The first-order chi connectivity index (χ1) is 6.56. The first kappa shape index (κ1) is 10.9. The number of aromatic amines is 1. The first-order valence-corrected chi connectivity index (χ1v) is 4.42. The van der Waals surface area contributed by atoms with Crippen LogP contribution in [0.5, 0.6) is 0 Å². The molecular weight excluding hydrogens is 258 g/mol. The molecule has 0 unspecified atom stereocenters. The van der Waals surface area contributed by atoms with Crippen molar-refractivity contribution in [2.75, 3.05) is 0 Å². The van der Waals surface area contributed by atoms with Crippen molar-refractivity contribution in [1.29, 1.82) is 5.26 Å². The zero-order valence-electron chi connectivity index (χ0n) is 6.85. The maximum Gasteiger partial charge on any atom is 0.266 e. The number of nitrogens with one attached hydrogen (secondary N) is 1. The van der Waals surface area contributed by atoms with Gasteiger partial charge in [-0.3, -0.25) is 4.79 Å². The van der Waals surface area contributed by atoms with Crippen molar-refractivity contribution in [3.05, 3.63) is 32.2 Å². The Labute approximate surface area is 86.5 Å². The number of hydrogen-bond donors (Lipinski definition) is 1. The molecule has 0 spiro atoms. The van der Waals surface area contributed by atoms with E-state index in [2.05, 4.69) is 20.9 Å². The van der Waals surface area contributed by atoms with Gasteiger partial charge in [-0.1, -0.05) is 15.9 Å². The van der Waals surface area contributed by atoms with Crippen LogP contribution in [0.1, 0.15) is 17.7 Å². The van der Waals surface area contributed by atoms with E-state index in [0.29, 0.717) is 0 Å². The van der Waals surface area contributed by atoms with Crippen LogP contribution in [0, 0.1) is 11.3 Å². The summed E-state index contributed by atoms with van der Waals surface area (Å²) in [5, 5.41) is 8.38. The summed E-state index contributed by atoms with van der Waals surface area (Å²) in [4.78, 5) is 13.1. The first-order valence-electron chi connectivity index (χ1n) is 3.63. The number of nitriles is 1.